The Balaban J connectivity index is 2.42. The van der Waals surface area contributed by atoms with E-state index in [2.05, 4.69) is 0 Å². The van der Waals surface area contributed by atoms with Gasteiger partial charge in [-0.15, -0.1) is 0 Å². The Morgan fingerprint density at radius 2 is 1.17 bits per heavy atom. The van der Waals surface area contributed by atoms with Crippen molar-refractivity contribution in [2.45, 2.75) is 0 Å². The maximum atomic E-state index is 14.5. The lowest BCUT2D eigenvalue weighted by Crippen LogP contribution is -2.43. The van der Waals surface area contributed by atoms with Gasteiger partial charge in [-0.3, -0.25) is 9.59 Å². The second-order valence-corrected chi connectivity index (χ2v) is 11.1. The number of hydrogen-bond acceptors (Lipinski definition) is 10. The number of carbonyl (C=O) groups excluding carboxylic acids is 2. The van der Waals surface area contributed by atoms with Gasteiger partial charge in [0.15, 0.2) is 11.5 Å². The number of quaternary nitrogens is 2. The van der Waals surface area contributed by atoms with Crippen LogP contribution in [0.3, 0.4) is 0 Å². The van der Waals surface area contributed by atoms with Crippen LogP contribution in [0.5, 0.6) is 11.5 Å². The molecule has 2 aromatic rings. The molecule has 0 unspecified atom stereocenters. The summed E-state index contributed by atoms with van der Waals surface area (Å²) >= 11 is 6.68. The molecule has 0 saturated heterocycles. The Kier molecular flexibility index (Phi) is 9.50. The van der Waals surface area contributed by atoms with E-state index in [0.717, 1.165) is 0 Å². The Bertz CT molecular complexity index is 1360. The molecule has 0 heterocycles. The minimum absolute atomic E-state index is 0.0358. The summed E-state index contributed by atoms with van der Waals surface area (Å²) in [5.74, 6) is -9.18. The zero-order valence-corrected chi connectivity index (χ0v) is 23.8. The number of nitrogens with zero attached hydrogens (tertiary/aromatic N) is 4. The lowest BCUT2D eigenvalue weighted by atomic mass is 9.80. The van der Waals surface area contributed by atoms with Crippen LogP contribution in [-0.2, 0) is 0 Å². The normalized spacial score (nSPS) is 13.3. The maximum Gasteiger partial charge on any atom is 0.205 e. The lowest BCUT2D eigenvalue weighted by Gasteiger charge is -2.39. The number of carbonyl (C=O) groups is 2. The van der Waals surface area contributed by atoms with Crippen LogP contribution in [0.2, 0.25) is 5.02 Å². The van der Waals surface area contributed by atoms with Crippen LogP contribution in [0, 0.1) is 22.0 Å². The molecule has 15 heteroatoms. The molecule has 2 aromatic carbocycles. The molecule has 0 radical (unpaired) electrons. The number of phenolic OH excluding ortho intramolecular Hbond substituents is 2. The van der Waals surface area contributed by atoms with Gasteiger partial charge in [0.25, 0.3) is 0 Å². The van der Waals surface area contributed by atoms with Crippen LogP contribution in [0.15, 0.2) is 6.07 Å². The molecule has 0 fully saturated rings. The van der Waals surface area contributed by atoms with E-state index in [1.54, 1.807) is 0 Å². The van der Waals surface area contributed by atoms with E-state index < -0.39 is 79.5 Å². The number of hydrogen-bond donors (Lipinski definition) is 4. The Morgan fingerprint density at radius 1 is 0.756 bits per heavy atom. The molecule has 0 saturated carbocycles. The summed E-state index contributed by atoms with van der Waals surface area (Å²) < 4.78 is 27.4. The fourth-order valence-electron chi connectivity index (χ4n) is 4.64. The standard InChI is InChI=1S/C26H33ClF2N4O8/c1-32(2,40)9-5-30(7-11-34)15-13-14(27)22(31(8-12-35)6-10-33(3,4)41)17-16(15)23(36)18-19(24(17)37)26(39)21(29)20(28)25(18)38/h13,34-35,38-39H,5-12H2,1-4H3. The van der Waals surface area contributed by atoms with Gasteiger partial charge in [-0.1, -0.05) is 11.6 Å². The number of aliphatic hydroxyl groups is 2. The van der Waals surface area contributed by atoms with Crippen molar-refractivity contribution in [3.05, 3.63) is 55.4 Å². The largest absolute Gasteiger partial charge is 0.633 e. The molecule has 0 bridgehead atoms. The van der Waals surface area contributed by atoms with Crippen LogP contribution >= 0.6 is 11.6 Å². The highest BCUT2D eigenvalue weighted by Crippen LogP contribution is 2.48. The van der Waals surface area contributed by atoms with Crippen LogP contribution in [0.25, 0.3) is 0 Å². The molecular formula is C26H33ClF2N4O8. The van der Waals surface area contributed by atoms with E-state index in [4.69, 9.17) is 11.6 Å². The van der Waals surface area contributed by atoms with Gasteiger partial charge >= 0.3 is 0 Å². The monoisotopic (exact) mass is 602 g/mol. The molecule has 3 rings (SSSR count). The van der Waals surface area contributed by atoms with Crippen molar-refractivity contribution >= 4 is 34.5 Å². The van der Waals surface area contributed by atoms with Gasteiger partial charge in [-0.05, 0) is 6.07 Å². The quantitative estimate of drug-likeness (QED) is 0.136. The van der Waals surface area contributed by atoms with Gasteiger partial charge in [-0.25, -0.2) is 0 Å². The number of likely N-dealkylation sites (N-methyl/N-ethyl adjacent to an activating group) is 2. The van der Waals surface area contributed by atoms with E-state index in [1.807, 2.05) is 0 Å². The first-order valence-corrected chi connectivity index (χ1v) is 13.0. The number of fused-ring (bicyclic) bond motifs is 2. The molecule has 0 atom stereocenters. The third-order valence-corrected chi connectivity index (χ3v) is 6.97. The molecular weight excluding hydrogens is 570 g/mol. The van der Waals surface area contributed by atoms with E-state index in [1.165, 1.54) is 44.1 Å². The fourth-order valence-corrected chi connectivity index (χ4v) is 4.96. The first-order valence-electron chi connectivity index (χ1n) is 12.6. The van der Waals surface area contributed by atoms with Crippen LogP contribution < -0.4 is 9.80 Å². The number of aliphatic hydroxyl groups excluding tert-OH is 2. The number of anilines is 2. The summed E-state index contributed by atoms with van der Waals surface area (Å²) in [5.41, 5.74) is -2.98. The second-order valence-electron chi connectivity index (χ2n) is 10.7. The summed E-state index contributed by atoms with van der Waals surface area (Å²) in [5, 5.41) is 64.8. The minimum atomic E-state index is -1.94. The SMILES string of the molecule is C[N+](C)([O-])CCN(CCO)c1cc(Cl)c(N(CCO)CC[N+](C)(C)[O-])c2c1C(=O)c1c(O)c(F)c(F)c(O)c1C2=O. The Morgan fingerprint density at radius 3 is 1.61 bits per heavy atom. The van der Waals surface area contributed by atoms with Gasteiger partial charge in [0.1, 0.15) is 0 Å². The Hall–Kier alpha value is -3.11. The lowest BCUT2D eigenvalue weighted by molar-refractivity contribution is -0.838. The maximum absolute atomic E-state index is 14.5. The van der Waals surface area contributed by atoms with Crippen molar-refractivity contribution in [1.82, 2.24) is 0 Å². The summed E-state index contributed by atoms with van der Waals surface area (Å²) in [7, 11) is 5.47. The molecule has 1 aliphatic rings. The summed E-state index contributed by atoms with van der Waals surface area (Å²) in [6, 6.07) is 1.28. The van der Waals surface area contributed by atoms with Crippen molar-refractivity contribution in [3.63, 3.8) is 0 Å². The van der Waals surface area contributed by atoms with E-state index in [0.29, 0.717) is 0 Å². The van der Waals surface area contributed by atoms with Crippen molar-refractivity contribution in [3.8, 4) is 11.5 Å². The third kappa shape index (κ3) is 6.54. The Labute approximate surface area is 240 Å². The number of benzene rings is 2. The summed E-state index contributed by atoms with van der Waals surface area (Å²) in [6.07, 6.45) is 0. The van der Waals surface area contributed by atoms with Crippen molar-refractivity contribution in [1.29, 1.82) is 0 Å². The van der Waals surface area contributed by atoms with E-state index >= 15 is 0 Å². The van der Waals surface area contributed by atoms with E-state index in [-0.39, 0.29) is 55.7 Å². The van der Waals surface area contributed by atoms with Crippen LogP contribution in [-0.4, -0.2) is 122 Å². The number of phenols is 2. The van der Waals surface area contributed by atoms with Crippen molar-refractivity contribution in [2.75, 3.05) is 90.5 Å². The second kappa shape index (κ2) is 12.0. The van der Waals surface area contributed by atoms with Gasteiger partial charge in [-0.2, -0.15) is 8.78 Å². The van der Waals surface area contributed by atoms with Crippen LogP contribution in [0.4, 0.5) is 20.2 Å². The average Bonchev–Trinajstić information content (AvgIpc) is 2.87. The number of rotatable bonds is 12. The average molecular weight is 603 g/mol. The first-order chi connectivity index (χ1) is 18.9. The number of aromatic hydroxyl groups is 2. The highest BCUT2D eigenvalue weighted by atomic mass is 35.5. The summed E-state index contributed by atoms with van der Waals surface area (Å²) in [6.45, 7) is -1.38. The smallest absolute Gasteiger partial charge is 0.205 e. The van der Waals surface area contributed by atoms with E-state index in [9.17, 15) is 49.2 Å². The molecule has 0 amide bonds. The van der Waals surface area contributed by atoms with Crippen molar-refractivity contribution < 1.29 is 48.1 Å². The van der Waals surface area contributed by atoms with Crippen LogP contribution in [0.1, 0.15) is 31.8 Å². The first kappa shape index (κ1) is 32.4. The predicted molar refractivity (Wildman–Crippen MR) is 147 cm³/mol. The molecule has 4 N–H and O–H groups in total. The fraction of sp³-hybridized carbons (Fsp3) is 0.462. The molecule has 226 valence electrons. The van der Waals surface area contributed by atoms with Crippen molar-refractivity contribution in [2.24, 2.45) is 0 Å². The van der Waals surface area contributed by atoms with Gasteiger partial charge < -0.3 is 49.9 Å². The minimum Gasteiger partial charge on any atom is -0.633 e. The molecule has 41 heavy (non-hydrogen) atoms. The number of halogens is 3. The predicted octanol–water partition coefficient (Wildman–Crippen LogP) is 1.55. The number of ketones is 2. The molecule has 1 aliphatic carbocycles. The van der Waals surface area contributed by atoms with Gasteiger partial charge in [0.05, 0.1) is 106 Å². The van der Waals surface area contributed by atoms with Gasteiger partial charge in [0, 0.05) is 13.1 Å². The topological polar surface area (TPSA) is 168 Å². The van der Waals surface area contributed by atoms with Gasteiger partial charge in [0.2, 0.25) is 23.2 Å². The zero-order chi connectivity index (χ0) is 31.0. The third-order valence-electron chi connectivity index (χ3n) is 6.69. The molecule has 12 nitrogen and oxygen atoms in total. The highest BCUT2D eigenvalue weighted by molar-refractivity contribution is 6.39. The molecule has 0 spiro atoms. The molecule has 0 aromatic heterocycles. The summed E-state index contributed by atoms with van der Waals surface area (Å²) in [4.78, 5) is 30.7. The number of hydroxylamine groups is 6. The highest BCUT2D eigenvalue weighted by Gasteiger charge is 2.43. The molecule has 0 aliphatic heterocycles. The zero-order valence-electron chi connectivity index (χ0n) is 23.1.